The summed E-state index contributed by atoms with van der Waals surface area (Å²) in [6.45, 7) is 2.25. The van der Waals surface area contributed by atoms with Crippen LogP contribution in [-0.2, 0) is 0 Å². The lowest BCUT2D eigenvalue weighted by molar-refractivity contribution is 0.331. The van der Waals surface area contributed by atoms with Crippen LogP contribution in [0.15, 0.2) is 11.6 Å². The summed E-state index contributed by atoms with van der Waals surface area (Å²) in [4.78, 5) is 0. The van der Waals surface area contributed by atoms with Crippen molar-refractivity contribution in [2.24, 2.45) is 0 Å². The molecule has 2 heterocycles. The van der Waals surface area contributed by atoms with Gasteiger partial charge in [0.1, 0.15) is 0 Å². The summed E-state index contributed by atoms with van der Waals surface area (Å²) in [5.74, 6) is 0. The van der Waals surface area contributed by atoms with Crippen LogP contribution in [0, 0.1) is 0 Å². The molecule has 0 amide bonds. The third kappa shape index (κ3) is 0.988. The molecule has 2 unspecified atom stereocenters. The molecule has 0 aromatic rings. The average molecular weight is 137 g/mol. The monoisotopic (exact) mass is 137 g/mol. The summed E-state index contributed by atoms with van der Waals surface area (Å²) >= 11 is 0. The molecule has 1 saturated heterocycles. The smallest absolute Gasteiger partial charge is 0.0279 e. The maximum atomic E-state index is 3.63. The maximum Gasteiger partial charge on any atom is 0.0279 e. The molecule has 2 aliphatic heterocycles. The number of nitrogens with one attached hydrogen (secondary N) is 1. The standard InChI is InChI=1S/C9H15N/c1-7-5-6-8-3-2-4-9(7)10-8/h5,8-10H,2-4,6H2,1H3. The Kier molecular flexibility index (Phi) is 1.53. The van der Waals surface area contributed by atoms with E-state index in [0.717, 1.165) is 12.1 Å². The predicted molar refractivity (Wildman–Crippen MR) is 42.9 cm³/mol. The Morgan fingerprint density at radius 1 is 1.50 bits per heavy atom. The summed E-state index contributed by atoms with van der Waals surface area (Å²) in [5, 5.41) is 3.63. The third-order valence-electron chi connectivity index (χ3n) is 2.76. The van der Waals surface area contributed by atoms with Crippen LogP contribution in [-0.4, -0.2) is 12.1 Å². The lowest BCUT2D eigenvalue weighted by Gasteiger charge is -2.35. The fraction of sp³-hybridized carbons (Fsp3) is 0.778. The van der Waals surface area contributed by atoms with E-state index in [1.807, 2.05) is 0 Å². The molecular formula is C9H15N. The van der Waals surface area contributed by atoms with E-state index >= 15 is 0 Å². The molecule has 0 aromatic heterocycles. The number of rotatable bonds is 0. The largest absolute Gasteiger partial charge is 0.307 e. The van der Waals surface area contributed by atoms with Gasteiger partial charge in [-0.25, -0.2) is 0 Å². The lowest BCUT2D eigenvalue weighted by Crippen LogP contribution is -2.45. The summed E-state index contributed by atoms with van der Waals surface area (Å²) in [5.41, 5.74) is 1.57. The van der Waals surface area contributed by atoms with Crippen LogP contribution < -0.4 is 5.32 Å². The highest BCUT2D eigenvalue weighted by molar-refractivity contribution is 5.14. The fourth-order valence-corrected chi connectivity index (χ4v) is 2.03. The number of piperidine rings is 1. The van der Waals surface area contributed by atoms with E-state index in [1.165, 1.54) is 25.7 Å². The molecule has 0 radical (unpaired) electrons. The Balaban J connectivity index is 2.15. The molecule has 1 heteroatoms. The summed E-state index contributed by atoms with van der Waals surface area (Å²) in [6, 6.07) is 1.54. The van der Waals surface area contributed by atoms with E-state index in [1.54, 1.807) is 5.57 Å². The van der Waals surface area contributed by atoms with Gasteiger partial charge in [-0.1, -0.05) is 18.1 Å². The molecule has 0 saturated carbocycles. The SMILES string of the molecule is CC1=CCC2CCCC1N2. The Morgan fingerprint density at radius 3 is 3.20 bits per heavy atom. The number of fused-ring (bicyclic) bond motifs is 2. The zero-order valence-electron chi connectivity index (χ0n) is 6.56. The highest BCUT2D eigenvalue weighted by Gasteiger charge is 2.24. The van der Waals surface area contributed by atoms with Gasteiger partial charge in [0.15, 0.2) is 0 Å². The molecule has 56 valence electrons. The average Bonchev–Trinajstić information content (AvgIpc) is 1.99. The lowest BCUT2D eigenvalue weighted by atomic mass is 9.87. The quantitative estimate of drug-likeness (QED) is 0.502. The van der Waals surface area contributed by atoms with Gasteiger partial charge in [0.05, 0.1) is 0 Å². The Bertz CT molecular complexity index is 160. The van der Waals surface area contributed by atoms with Gasteiger partial charge in [0.25, 0.3) is 0 Å². The van der Waals surface area contributed by atoms with Crippen molar-refractivity contribution in [3.8, 4) is 0 Å². The van der Waals surface area contributed by atoms with E-state index in [2.05, 4.69) is 18.3 Å². The van der Waals surface area contributed by atoms with E-state index in [4.69, 9.17) is 0 Å². The van der Waals surface area contributed by atoms with E-state index < -0.39 is 0 Å². The molecule has 10 heavy (non-hydrogen) atoms. The molecule has 1 N–H and O–H groups in total. The van der Waals surface area contributed by atoms with E-state index in [9.17, 15) is 0 Å². The van der Waals surface area contributed by atoms with Gasteiger partial charge in [0.2, 0.25) is 0 Å². The van der Waals surface area contributed by atoms with E-state index in [0.29, 0.717) is 0 Å². The van der Waals surface area contributed by atoms with Gasteiger partial charge in [-0.2, -0.15) is 0 Å². The fourth-order valence-electron chi connectivity index (χ4n) is 2.03. The van der Waals surface area contributed by atoms with Crippen LogP contribution in [0.2, 0.25) is 0 Å². The molecular weight excluding hydrogens is 122 g/mol. The Morgan fingerprint density at radius 2 is 2.40 bits per heavy atom. The second-order valence-electron chi connectivity index (χ2n) is 3.53. The number of hydrogen-bond acceptors (Lipinski definition) is 1. The Labute approximate surface area is 62.5 Å². The maximum absolute atomic E-state index is 3.63. The molecule has 2 atom stereocenters. The molecule has 1 nitrogen and oxygen atoms in total. The van der Waals surface area contributed by atoms with Crippen molar-refractivity contribution in [3.63, 3.8) is 0 Å². The molecule has 1 fully saturated rings. The second-order valence-corrected chi connectivity index (χ2v) is 3.53. The second kappa shape index (κ2) is 2.39. The minimum atomic E-state index is 0.729. The van der Waals surface area contributed by atoms with Gasteiger partial charge in [-0.3, -0.25) is 0 Å². The topological polar surface area (TPSA) is 12.0 Å². The van der Waals surface area contributed by atoms with Crippen LogP contribution in [0.5, 0.6) is 0 Å². The highest BCUT2D eigenvalue weighted by atomic mass is 15.0. The van der Waals surface area contributed by atoms with Crippen molar-refractivity contribution in [1.29, 1.82) is 0 Å². The Hall–Kier alpha value is -0.300. The van der Waals surface area contributed by atoms with E-state index in [-0.39, 0.29) is 0 Å². The third-order valence-corrected chi connectivity index (χ3v) is 2.76. The van der Waals surface area contributed by atoms with Gasteiger partial charge in [-0.15, -0.1) is 0 Å². The van der Waals surface area contributed by atoms with Crippen molar-refractivity contribution in [3.05, 3.63) is 11.6 Å². The first-order valence-electron chi connectivity index (χ1n) is 4.29. The van der Waals surface area contributed by atoms with Crippen molar-refractivity contribution in [2.75, 3.05) is 0 Å². The first-order valence-corrected chi connectivity index (χ1v) is 4.29. The minimum absolute atomic E-state index is 0.729. The normalized spacial score (nSPS) is 39.1. The molecule has 0 aliphatic carbocycles. The molecule has 2 rings (SSSR count). The zero-order chi connectivity index (χ0) is 6.97. The predicted octanol–water partition coefficient (Wildman–Crippen LogP) is 1.85. The van der Waals surface area contributed by atoms with Gasteiger partial charge >= 0.3 is 0 Å². The van der Waals surface area contributed by atoms with Gasteiger partial charge in [-0.05, 0) is 26.2 Å². The van der Waals surface area contributed by atoms with Crippen molar-refractivity contribution in [1.82, 2.24) is 5.32 Å². The minimum Gasteiger partial charge on any atom is -0.307 e. The molecule has 0 spiro atoms. The molecule has 0 aromatic carbocycles. The zero-order valence-corrected chi connectivity index (χ0v) is 6.56. The van der Waals surface area contributed by atoms with Crippen LogP contribution in [0.3, 0.4) is 0 Å². The summed E-state index contributed by atoms with van der Waals surface area (Å²) in [6.07, 6.45) is 7.85. The summed E-state index contributed by atoms with van der Waals surface area (Å²) < 4.78 is 0. The highest BCUT2D eigenvalue weighted by Crippen LogP contribution is 2.24. The first kappa shape index (κ1) is 6.41. The van der Waals surface area contributed by atoms with Crippen molar-refractivity contribution in [2.45, 2.75) is 44.7 Å². The first-order chi connectivity index (χ1) is 4.86. The van der Waals surface area contributed by atoms with Crippen LogP contribution >= 0.6 is 0 Å². The van der Waals surface area contributed by atoms with Crippen LogP contribution in [0.1, 0.15) is 32.6 Å². The molecule has 2 bridgehead atoms. The van der Waals surface area contributed by atoms with Gasteiger partial charge < -0.3 is 5.32 Å². The van der Waals surface area contributed by atoms with Crippen LogP contribution in [0.25, 0.3) is 0 Å². The van der Waals surface area contributed by atoms with Crippen LogP contribution in [0.4, 0.5) is 0 Å². The van der Waals surface area contributed by atoms with Crippen molar-refractivity contribution < 1.29 is 0 Å². The van der Waals surface area contributed by atoms with Crippen molar-refractivity contribution >= 4 is 0 Å². The molecule has 2 aliphatic rings. The van der Waals surface area contributed by atoms with Gasteiger partial charge in [0, 0.05) is 12.1 Å². The number of hydrogen-bond donors (Lipinski definition) is 1. The summed E-state index contributed by atoms with van der Waals surface area (Å²) in [7, 11) is 0.